The fourth-order valence-electron chi connectivity index (χ4n) is 4.43. The minimum atomic E-state index is -0.154. The third-order valence-electron chi connectivity index (χ3n) is 6.04. The van der Waals surface area contributed by atoms with E-state index in [0.29, 0.717) is 13.0 Å². The molecular formula is C22H33N3O2. The molecule has 1 unspecified atom stereocenters. The predicted octanol–water partition coefficient (Wildman–Crippen LogP) is 2.76. The van der Waals surface area contributed by atoms with Gasteiger partial charge in [0.05, 0.1) is 5.92 Å². The molecule has 1 aromatic rings. The topological polar surface area (TPSA) is 43.9 Å². The molecule has 2 fully saturated rings. The van der Waals surface area contributed by atoms with Crippen molar-refractivity contribution in [3.63, 3.8) is 0 Å². The Bertz CT molecular complexity index is 630. The fraction of sp³-hybridized carbons (Fsp3) is 0.636. The van der Waals surface area contributed by atoms with Crippen LogP contribution in [0.15, 0.2) is 30.3 Å². The number of carbonyl (C=O) groups excluding carboxylic acids is 2. The largest absolute Gasteiger partial charge is 0.341 e. The first-order valence-electron chi connectivity index (χ1n) is 10.5. The predicted molar refractivity (Wildman–Crippen MR) is 107 cm³/mol. The Labute approximate surface area is 163 Å². The molecule has 2 aliphatic rings. The first-order valence-corrected chi connectivity index (χ1v) is 10.5. The molecule has 2 heterocycles. The highest BCUT2D eigenvalue weighted by Crippen LogP contribution is 2.25. The van der Waals surface area contributed by atoms with Crippen LogP contribution in [0.5, 0.6) is 0 Å². The van der Waals surface area contributed by atoms with Crippen molar-refractivity contribution in [2.24, 2.45) is 5.92 Å². The second-order valence-electron chi connectivity index (χ2n) is 7.86. The van der Waals surface area contributed by atoms with E-state index < -0.39 is 0 Å². The van der Waals surface area contributed by atoms with E-state index >= 15 is 0 Å². The van der Waals surface area contributed by atoms with Crippen molar-refractivity contribution in [3.05, 3.63) is 35.9 Å². The van der Waals surface area contributed by atoms with Crippen molar-refractivity contribution in [1.29, 1.82) is 0 Å². The molecule has 5 heteroatoms. The maximum absolute atomic E-state index is 13.0. The van der Waals surface area contributed by atoms with E-state index in [0.717, 1.165) is 52.0 Å². The number of likely N-dealkylation sites (tertiary alicyclic amines) is 1. The molecule has 5 nitrogen and oxygen atoms in total. The molecule has 2 saturated heterocycles. The zero-order valence-electron chi connectivity index (χ0n) is 16.8. The van der Waals surface area contributed by atoms with Gasteiger partial charge in [0.15, 0.2) is 0 Å². The summed E-state index contributed by atoms with van der Waals surface area (Å²) in [6, 6.07) is 10.8. The molecule has 27 heavy (non-hydrogen) atoms. The summed E-state index contributed by atoms with van der Waals surface area (Å²) in [7, 11) is 0. The van der Waals surface area contributed by atoms with Gasteiger partial charge in [0.25, 0.3) is 0 Å². The quantitative estimate of drug-likeness (QED) is 0.772. The van der Waals surface area contributed by atoms with E-state index in [1.165, 1.54) is 5.56 Å². The molecule has 0 aliphatic carbocycles. The van der Waals surface area contributed by atoms with Crippen LogP contribution < -0.4 is 0 Å². The summed E-state index contributed by atoms with van der Waals surface area (Å²) in [5.74, 6) is 0.180. The number of rotatable bonds is 6. The lowest BCUT2D eigenvalue weighted by molar-refractivity contribution is -0.135. The van der Waals surface area contributed by atoms with Gasteiger partial charge >= 0.3 is 0 Å². The van der Waals surface area contributed by atoms with Crippen molar-refractivity contribution >= 4 is 11.8 Å². The molecule has 0 spiro atoms. The van der Waals surface area contributed by atoms with Crippen molar-refractivity contribution in [2.75, 3.05) is 32.7 Å². The molecular weight excluding hydrogens is 338 g/mol. The number of carbonyl (C=O) groups is 2. The Kier molecular flexibility index (Phi) is 6.89. The smallest absolute Gasteiger partial charge is 0.228 e. The maximum atomic E-state index is 13.0. The first-order chi connectivity index (χ1) is 13.1. The zero-order chi connectivity index (χ0) is 19.2. The van der Waals surface area contributed by atoms with Crippen LogP contribution in [0.1, 0.15) is 45.1 Å². The van der Waals surface area contributed by atoms with Crippen molar-refractivity contribution in [3.8, 4) is 0 Å². The lowest BCUT2D eigenvalue weighted by Gasteiger charge is -2.27. The van der Waals surface area contributed by atoms with Gasteiger partial charge in [-0.05, 0) is 24.8 Å². The second kappa shape index (κ2) is 9.36. The molecule has 0 aromatic heterocycles. The number of hydrogen-bond acceptors (Lipinski definition) is 3. The van der Waals surface area contributed by atoms with Crippen molar-refractivity contribution in [2.45, 2.75) is 52.1 Å². The third-order valence-corrected chi connectivity index (χ3v) is 6.04. The Morgan fingerprint density at radius 1 is 1.07 bits per heavy atom. The number of amides is 2. The van der Waals surface area contributed by atoms with Crippen LogP contribution in [-0.2, 0) is 16.1 Å². The first kappa shape index (κ1) is 19.9. The molecule has 3 rings (SSSR count). The molecule has 2 amide bonds. The molecule has 0 bridgehead atoms. The number of benzene rings is 1. The summed E-state index contributed by atoms with van der Waals surface area (Å²) in [6.45, 7) is 9.27. The number of nitrogens with zero attached hydrogens (tertiary/aromatic N) is 3. The summed E-state index contributed by atoms with van der Waals surface area (Å²) in [6.07, 6.45) is 3.30. The average Bonchev–Trinajstić information content (AvgIpc) is 2.91. The van der Waals surface area contributed by atoms with Gasteiger partial charge in [0.1, 0.15) is 0 Å². The van der Waals surface area contributed by atoms with Gasteiger partial charge in [0.2, 0.25) is 11.8 Å². The van der Waals surface area contributed by atoms with Crippen LogP contribution in [0.3, 0.4) is 0 Å². The summed E-state index contributed by atoms with van der Waals surface area (Å²) in [5.41, 5.74) is 1.32. The van der Waals surface area contributed by atoms with E-state index in [-0.39, 0.29) is 23.8 Å². The normalized spacial score (nSPS) is 21.7. The second-order valence-corrected chi connectivity index (χ2v) is 7.86. The summed E-state index contributed by atoms with van der Waals surface area (Å²) < 4.78 is 0. The Morgan fingerprint density at radius 2 is 1.81 bits per heavy atom. The van der Waals surface area contributed by atoms with Gasteiger partial charge in [-0.25, -0.2) is 0 Å². The van der Waals surface area contributed by atoms with Gasteiger partial charge in [-0.2, -0.15) is 0 Å². The van der Waals surface area contributed by atoms with Crippen LogP contribution in [0, 0.1) is 5.92 Å². The lowest BCUT2D eigenvalue weighted by Crippen LogP contribution is -2.41. The van der Waals surface area contributed by atoms with E-state index in [4.69, 9.17) is 0 Å². The van der Waals surface area contributed by atoms with Gasteiger partial charge in [-0.1, -0.05) is 44.2 Å². The average molecular weight is 372 g/mol. The molecule has 1 aromatic carbocycles. The minimum Gasteiger partial charge on any atom is -0.341 e. The van der Waals surface area contributed by atoms with E-state index in [9.17, 15) is 9.59 Å². The number of hydrogen-bond donors (Lipinski definition) is 0. The van der Waals surface area contributed by atoms with E-state index in [1.54, 1.807) is 0 Å². The minimum absolute atomic E-state index is 0.154. The molecule has 0 N–H and O–H groups in total. The molecule has 2 aliphatic heterocycles. The van der Waals surface area contributed by atoms with Gasteiger partial charge in [0, 0.05) is 51.7 Å². The Morgan fingerprint density at radius 3 is 2.52 bits per heavy atom. The highest BCUT2D eigenvalue weighted by atomic mass is 16.2. The highest BCUT2D eigenvalue weighted by Gasteiger charge is 2.38. The molecule has 148 valence electrons. The van der Waals surface area contributed by atoms with Gasteiger partial charge in [-0.15, -0.1) is 0 Å². The summed E-state index contributed by atoms with van der Waals surface area (Å²) in [5, 5.41) is 0. The van der Waals surface area contributed by atoms with Gasteiger partial charge < -0.3 is 9.80 Å². The molecule has 0 saturated carbocycles. The fourth-order valence-corrected chi connectivity index (χ4v) is 4.43. The Balaban J connectivity index is 1.54. The lowest BCUT2D eigenvalue weighted by atomic mass is 10.1. The van der Waals surface area contributed by atoms with Crippen LogP contribution in [0.25, 0.3) is 0 Å². The molecule has 0 radical (unpaired) electrons. The summed E-state index contributed by atoms with van der Waals surface area (Å²) >= 11 is 0. The van der Waals surface area contributed by atoms with E-state index in [2.05, 4.69) is 43.0 Å². The Hall–Kier alpha value is -1.88. The van der Waals surface area contributed by atoms with Crippen LogP contribution in [0.2, 0.25) is 0 Å². The zero-order valence-corrected chi connectivity index (χ0v) is 16.8. The standard InChI is InChI=1S/C22H33N3O2/c1-3-20(4-2)25-17-19(15-21(25)26)22(27)24-12-8-11-23(13-14-24)16-18-9-6-5-7-10-18/h5-7,9-10,19-20H,3-4,8,11-17H2,1-2H3. The maximum Gasteiger partial charge on any atom is 0.228 e. The van der Waals surface area contributed by atoms with Crippen LogP contribution in [-0.4, -0.2) is 65.3 Å². The third kappa shape index (κ3) is 4.89. The SMILES string of the molecule is CCC(CC)N1CC(C(=O)N2CCCN(Cc3ccccc3)CC2)CC1=O. The van der Waals surface area contributed by atoms with Crippen LogP contribution in [0.4, 0.5) is 0 Å². The monoisotopic (exact) mass is 371 g/mol. The van der Waals surface area contributed by atoms with Crippen LogP contribution >= 0.6 is 0 Å². The van der Waals surface area contributed by atoms with Gasteiger partial charge in [-0.3, -0.25) is 14.5 Å². The van der Waals surface area contributed by atoms with Crippen molar-refractivity contribution < 1.29 is 9.59 Å². The molecule has 1 atom stereocenters. The van der Waals surface area contributed by atoms with E-state index in [1.807, 2.05) is 15.9 Å². The van der Waals surface area contributed by atoms with Crippen molar-refractivity contribution in [1.82, 2.24) is 14.7 Å². The highest BCUT2D eigenvalue weighted by molar-refractivity contribution is 5.89. The summed E-state index contributed by atoms with van der Waals surface area (Å²) in [4.78, 5) is 31.8.